The molecule has 0 radical (unpaired) electrons. The molecule has 1 saturated heterocycles. The van der Waals surface area contributed by atoms with Gasteiger partial charge in [-0.3, -0.25) is 0 Å². The quantitative estimate of drug-likeness (QED) is 0.902. The van der Waals surface area contributed by atoms with Crippen LogP contribution in [0, 0.1) is 0 Å². The zero-order chi connectivity index (χ0) is 13.4. The van der Waals surface area contributed by atoms with E-state index in [0.717, 1.165) is 31.8 Å². The number of hydrogen-bond acceptors (Lipinski definition) is 4. The highest BCUT2D eigenvalue weighted by molar-refractivity contribution is 5.56. The summed E-state index contributed by atoms with van der Waals surface area (Å²) in [5, 5.41) is 3.50. The highest BCUT2D eigenvalue weighted by atomic mass is 16.5. The Labute approximate surface area is 115 Å². The van der Waals surface area contributed by atoms with Gasteiger partial charge in [-0.1, -0.05) is 6.07 Å². The van der Waals surface area contributed by atoms with E-state index in [1.54, 1.807) is 0 Å². The largest absolute Gasteiger partial charge is 0.372 e. The van der Waals surface area contributed by atoms with Crippen LogP contribution < -0.4 is 10.2 Å². The van der Waals surface area contributed by atoms with Gasteiger partial charge in [-0.05, 0) is 38.8 Å². The number of aromatic nitrogens is 1. The summed E-state index contributed by atoms with van der Waals surface area (Å²) < 4.78 is 5.66. The lowest BCUT2D eigenvalue weighted by molar-refractivity contribution is 0.0734. The van der Waals surface area contributed by atoms with Crippen LogP contribution in [0.2, 0.25) is 0 Å². The van der Waals surface area contributed by atoms with Gasteiger partial charge in [0.1, 0.15) is 5.82 Å². The Morgan fingerprint density at radius 2 is 2.32 bits per heavy atom. The molecule has 1 fully saturated rings. The smallest absolute Gasteiger partial charge is 0.132 e. The maximum absolute atomic E-state index is 5.66. The molecular formula is C15H23N3O. The minimum Gasteiger partial charge on any atom is -0.372 e. The van der Waals surface area contributed by atoms with Gasteiger partial charge in [-0.25, -0.2) is 4.98 Å². The fourth-order valence-corrected chi connectivity index (χ4v) is 3.26. The molecule has 0 aliphatic carbocycles. The van der Waals surface area contributed by atoms with Crippen LogP contribution in [0.5, 0.6) is 0 Å². The summed E-state index contributed by atoms with van der Waals surface area (Å²) in [7, 11) is 0. The summed E-state index contributed by atoms with van der Waals surface area (Å²) in [6.45, 7) is 9.21. The molecule has 19 heavy (non-hydrogen) atoms. The number of pyridine rings is 1. The molecule has 3 heterocycles. The molecule has 104 valence electrons. The summed E-state index contributed by atoms with van der Waals surface area (Å²) >= 11 is 0. The Morgan fingerprint density at radius 3 is 3.11 bits per heavy atom. The Balaban J connectivity index is 1.91. The highest BCUT2D eigenvalue weighted by Crippen LogP contribution is 2.34. The molecule has 3 rings (SSSR count). The van der Waals surface area contributed by atoms with E-state index in [2.05, 4.69) is 36.2 Å². The highest BCUT2D eigenvalue weighted by Gasteiger charge is 2.36. The first-order valence-electron chi connectivity index (χ1n) is 7.31. The number of piperazine rings is 1. The molecule has 4 nitrogen and oxygen atoms in total. The second-order valence-electron chi connectivity index (χ2n) is 5.59. The molecule has 0 unspecified atom stereocenters. The Bertz CT molecular complexity index is 463. The molecule has 1 N–H and O–H groups in total. The number of rotatable bonds is 3. The van der Waals surface area contributed by atoms with Crippen molar-refractivity contribution in [2.24, 2.45) is 0 Å². The minimum atomic E-state index is 0.0765. The maximum atomic E-state index is 5.66. The number of nitrogens with zero attached hydrogens (tertiary/aromatic N) is 2. The lowest BCUT2D eigenvalue weighted by Crippen LogP contribution is -2.55. The van der Waals surface area contributed by atoms with Crippen LogP contribution in [-0.2, 0) is 11.2 Å². The first-order valence-corrected chi connectivity index (χ1v) is 7.31. The normalized spacial score (nSPS) is 27.0. The SMILES string of the molecule is CCO[C@@H](C)c1ccc2c(n1)N1[C@@H](CNC[C@H]1C)C2. The van der Waals surface area contributed by atoms with Crippen molar-refractivity contribution in [2.75, 3.05) is 24.6 Å². The minimum absolute atomic E-state index is 0.0765. The van der Waals surface area contributed by atoms with Gasteiger partial charge < -0.3 is 15.0 Å². The Hall–Kier alpha value is -1.13. The third-order valence-corrected chi connectivity index (χ3v) is 4.20. The molecule has 1 aromatic rings. The van der Waals surface area contributed by atoms with Crippen molar-refractivity contribution in [1.29, 1.82) is 0 Å². The molecule has 0 saturated carbocycles. The van der Waals surface area contributed by atoms with Crippen molar-refractivity contribution in [3.8, 4) is 0 Å². The molecule has 4 heteroatoms. The predicted octanol–water partition coefficient (Wildman–Crippen LogP) is 1.90. The summed E-state index contributed by atoms with van der Waals surface area (Å²) in [5.74, 6) is 1.18. The van der Waals surface area contributed by atoms with Gasteiger partial charge in [-0.15, -0.1) is 0 Å². The zero-order valence-electron chi connectivity index (χ0n) is 12.0. The van der Waals surface area contributed by atoms with E-state index < -0.39 is 0 Å². The number of hydrogen-bond donors (Lipinski definition) is 1. The number of anilines is 1. The van der Waals surface area contributed by atoms with Crippen LogP contribution in [0.4, 0.5) is 5.82 Å². The fourth-order valence-electron chi connectivity index (χ4n) is 3.26. The topological polar surface area (TPSA) is 37.4 Å². The van der Waals surface area contributed by atoms with Crippen molar-refractivity contribution in [3.05, 3.63) is 23.4 Å². The predicted molar refractivity (Wildman–Crippen MR) is 76.6 cm³/mol. The third kappa shape index (κ3) is 2.23. The van der Waals surface area contributed by atoms with Gasteiger partial charge >= 0.3 is 0 Å². The molecule has 0 spiro atoms. The first-order chi connectivity index (χ1) is 9.20. The zero-order valence-corrected chi connectivity index (χ0v) is 12.0. The first kappa shape index (κ1) is 12.9. The van der Waals surface area contributed by atoms with Crippen LogP contribution in [0.15, 0.2) is 12.1 Å². The van der Waals surface area contributed by atoms with Gasteiger partial charge in [0, 0.05) is 31.8 Å². The van der Waals surface area contributed by atoms with E-state index >= 15 is 0 Å². The van der Waals surface area contributed by atoms with Crippen molar-refractivity contribution < 1.29 is 4.74 Å². The molecule has 2 aliphatic rings. The monoisotopic (exact) mass is 261 g/mol. The lowest BCUT2D eigenvalue weighted by atomic mass is 10.1. The van der Waals surface area contributed by atoms with Crippen LogP contribution in [0.3, 0.4) is 0 Å². The number of fused-ring (bicyclic) bond motifs is 3. The van der Waals surface area contributed by atoms with Gasteiger partial charge in [0.05, 0.1) is 11.8 Å². The molecule has 1 aromatic heterocycles. The summed E-state index contributed by atoms with van der Waals surface area (Å²) in [6.07, 6.45) is 1.19. The average molecular weight is 261 g/mol. The number of ether oxygens (including phenoxy) is 1. The fraction of sp³-hybridized carbons (Fsp3) is 0.667. The molecule has 0 aromatic carbocycles. The van der Waals surface area contributed by atoms with Crippen molar-refractivity contribution in [1.82, 2.24) is 10.3 Å². The summed E-state index contributed by atoms with van der Waals surface area (Å²) in [5.41, 5.74) is 2.43. The molecular weight excluding hydrogens is 238 g/mol. The molecule has 0 bridgehead atoms. The van der Waals surface area contributed by atoms with E-state index in [1.165, 1.54) is 11.4 Å². The average Bonchev–Trinajstić information content (AvgIpc) is 2.77. The van der Waals surface area contributed by atoms with Crippen molar-refractivity contribution in [2.45, 2.75) is 45.4 Å². The molecule has 3 atom stereocenters. The number of nitrogens with one attached hydrogen (secondary N) is 1. The second kappa shape index (κ2) is 5.10. The third-order valence-electron chi connectivity index (χ3n) is 4.20. The summed E-state index contributed by atoms with van der Waals surface area (Å²) in [4.78, 5) is 7.37. The Morgan fingerprint density at radius 1 is 1.47 bits per heavy atom. The maximum Gasteiger partial charge on any atom is 0.132 e. The molecule has 0 amide bonds. The Kier molecular flexibility index (Phi) is 3.46. The van der Waals surface area contributed by atoms with Gasteiger partial charge in [0.25, 0.3) is 0 Å². The van der Waals surface area contributed by atoms with E-state index in [9.17, 15) is 0 Å². The van der Waals surface area contributed by atoms with Crippen molar-refractivity contribution >= 4 is 5.82 Å². The summed E-state index contributed by atoms with van der Waals surface area (Å²) in [6, 6.07) is 5.45. The van der Waals surface area contributed by atoms with Gasteiger partial charge in [0.2, 0.25) is 0 Å². The van der Waals surface area contributed by atoms with Crippen LogP contribution in [0.25, 0.3) is 0 Å². The standard InChI is InChI=1S/C15H23N3O/c1-4-19-11(3)14-6-5-12-7-13-9-16-8-10(2)18(13)15(12)17-14/h5-6,10-11,13,16H,4,7-9H2,1-3H3/t10-,11+,13-/m1/s1. The van der Waals surface area contributed by atoms with E-state index in [1.807, 2.05) is 6.92 Å². The van der Waals surface area contributed by atoms with E-state index in [0.29, 0.717) is 12.1 Å². The van der Waals surface area contributed by atoms with E-state index in [-0.39, 0.29) is 6.10 Å². The van der Waals surface area contributed by atoms with Gasteiger partial charge in [-0.2, -0.15) is 0 Å². The van der Waals surface area contributed by atoms with Crippen LogP contribution in [-0.4, -0.2) is 36.8 Å². The van der Waals surface area contributed by atoms with Crippen molar-refractivity contribution in [3.63, 3.8) is 0 Å². The van der Waals surface area contributed by atoms with Crippen LogP contribution >= 0.6 is 0 Å². The van der Waals surface area contributed by atoms with Crippen LogP contribution in [0.1, 0.15) is 38.1 Å². The van der Waals surface area contributed by atoms with Gasteiger partial charge in [0.15, 0.2) is 0 Å². The molecule has 2 aliphatic heterocycles. The second-order valence-corrected chi connectivity index (χ2v) is 5.59. The van der Waals surface area contributed by atoms with E-state index in [4.69, 9.17) is 9.72 Å². The lowest BCUT2D eigenvalue weighted by Gasteiger charge is -2.37.